The van der Waals surface area contributed by atoms with Crippen molar-refractivity contribution in [1.82, 2.24) is 4.90 Å². The van der Waals surface area contributed by atoms with Crippen LogP contribution in [-0.4, -0.2) is 47.8 Å². The second-order valence-electron chi connectivity index (χ2n) is 4.81. The van der Waals surface area contributed by atoms with Gasteiger partial charge in [0.05, 0.1) is 5.25 Å². The van der Waals surface area contributed by atoms with Crippen LogP contribution in [0.25, 0.3) is 0 Å². The number of phenolic OH excluding ortho intramolecular Hbond substituents is 2. The summed E-state index contributed by atoms with van der Waals surface area (Å²) in [7, 11) is -3.67. The predicted molar refractivity (Wildman–Crippen MR) is 71.8 cm³/mol. The van der Waals surface area contributed by atoms with Crippen LogP contribution < -0.4 is 5.14 Å². The third kappa shape index (κ3) is 3.02. The number of primary sulfonamides is 1. The molecule has 1 aromatic rings. The first-order chi connectivity index (χ1) is 9.29. The lowest BCUT2D eigenvalue weighted by Crippen LogP contribution is -2.47. The van der Waals surface area contributed by atoms with E-state index in [1.165, 1.54) is 17.0 Å². The normalized spacial score (nSPS) is 19.9. The zero-order chi connectivity index (χ0) is 14.9. The van der Waals surface area contributed by atoms with Crippen LogP contribution >= 0.6 is 0 Å². The van der Waals surface area contributed by atoms with Crippen LogP contribution in [0.5, 0.6) is 11.5 Å². The molecule has 0 spiro atoms. The fourth-order valence-electron chi connectivity index (χ4n) is 2.23. The first-order valence-corrected chi connectivity index (χ1v) is 7.73. The molecule has 2 rings (SSSR count). The number of rotatable bonds is 2. The second kappa shape index (κ2) is 5.29. The van der Waals surface area contributed by atoms with Crippen LogP contribution in [0.3, 0.4) is 0 Å². The topological polar surface area (TPSA) is 121 Å². The van der Waals surface area contributed by atoms with Crippen molar-refractivity contribution in [1.29, 1.82) is 0 Å². The molecule has 1 aliphatic heterocycles. The molecule has 1 unspecified atom stereocenters. The Kier molecular flexibility index (Phi) is 3.87. The molecule has 0 bridgehead atoms. The van der Waals surface area contributed by atoms with Gasteiger partial charge in [-0.2, -0.15) is 0 Å². The highest BCUT2D eigenvalue weighted by atomic mass is 32.2. The van der Waals surface area contributed by atoms with Gasteiger partial charge in [0.15, 0.2) is 11.5 Å². The van der Waals surface area contributed by atoms with Gasteiger partial charge < -0.3 is 15.1 Å². The quantitative estimate of drug-likeness (QED) is 0.663. The highest BCUT2D eigenvalue weighted by molar-refractivity contribution is 7.89. The van der Waals surface area contributed by atoms with Gasteiger partial charge in [-0.05, 0) is 31.0 Å². The van der Waals surface area contributed by atoms with Crippen molar-refractivity contribution < 1.29 is 23.4 Å². The molecule has 7 nitrogen and oxygen atoms in total. The number of aromatic hydroxyl groups is 2. The maximum absolute atomic E-state index is 12.2. The Morgan fingerprint density at radius 3 is 2.60 bits per heavy atom. The Morgan fingerprint density at radius 1 is 1.30 bits per heavy atom. The van der Waals surface area contributed by atoms with Crippen molar-refractivity contribution in [3.8, 4) is 11.5 Å². The van der Waals surface area contributed by atoms with E-state index in [2.05, 4.69) is 0 Å². The fourth-order valence-corrected chi connectivity index (χ4v) is 3.11. The lowest BCUT2D eigenvalue weighted by molar-refractivity contribution is 0.0726. The van der Waals surface area contributed by atoms with Crippen molar-refractivity contribution >= 4 is 15.9 Å². The predicted octanol–water partition coefficient (Wildman–Crippen LogP) is -0.00910. The molecule has 0 radical (unpaired) electrons. The molecule has 1 amide bonds. The monoisotopic (exact) mass is 300 g/mol. The summed E-state index contributed by atoms with van der Waals surface area (Å²) < 4.78 is 22.7. The lowest BCUT2D eigenvalue weighted by atomic mass is 10.1. The maximum atomic E-state index is 12.2. The van der Waals surface area contributed by atoms with Crippen molar-refractivity contribution in [2.45, 2.75) is 18.1 Å². The van der Waals surface area contributed by atoms with Gasteiger partial charge in [-0.3, -0.25) is 4.79 Å². The Hall–Kier alpha value is -1.80. The molecule has 4 N–H and O–H groups in total. The number of benzene rings is 1. The summed E-state index contributed by atoms with van der Waals surface area (Å²) in [6, 6.07) is 3.74. The molecule has 1 atom stereocenters. The molecule has 1 saturated heterocycles. The molecule has 1 heterocycles. The molecule has 0 aromatic heterocycles. The van der Waals surface area contributed by atoms with Crippen molar-refractivity contribution in [2.75, 3.05) is 13.1 Å². The number of nitrogens with zero attached hydrogens (tertiary/aromatic N) is 1. The molecule has 0 aliphatic carbocycles. The van der Waals surface area contributed by atoms with Gasteiger partial charge >= 0.3 is 0 Å². The van der Waals surface area contributed by atoms with Gasteiger partial charge in [0.2, 0.25) is 10.0 Å². The Balaban J connectivity index is 2.18. The number of carbonyl (C=O) groups excluding carboxylic acids is 1. The molecule has 20 heavy (non-hydrogen) atoms. The summed E-state index contributed by atoms with van der Waals surface area (Å²) in [6.45, 7) is 0.478. The SMILES string of the molecule is NS(=O)(=O)C1CCCN(C(=O)c2ccc(O)c(O)c2)C1. The Morgan fingerprint density at radius 2 is 2.00 bits per heavy atom. The first-order valence-electron chi connectivity index (χ1n) is 6.12. The summed E-state index contributed by atoms with van der Waals surface area (Å²) in [4.78, 5) is 13.6. The van der Waals surface area contributed by atoms with Crippen LogP contribution in [0.1, 0.15) is 23.2 Å². The summed E-state index contributed by atoms with van der Waals surface area (Å²) in [5.74, 6) is -1.10. The highest BCUT2D eigenvalue weighted by Gasteiger charge is 2.30. The van der Waals surface area contributed by atoms with Crippen LogP contribution in [0.2, 0.25) is 0 Å². The average molecular weight is 300 g/mol. The van der Waals surface area contributed by atoms with E-state index in [9.17, 15) is 23.4 Å². The van der Waals surface area contributed by atoms with Crippen LogP contribution in [0, 0.1) is 0 Å². The molecular weight excluding hydrogens is 284 g/mol. The fraction of sp³-hybridized carbons (Fsp3) is 0.417. The standard InChI is InChI=1S/C12H16N2O5S/c13-20(18,19)9-2-1-5-14(7-9)12(17)8-3-4-10(15)11(16)6-8/h3-4,6,9,15-16H,1-2,5,7H2,(H2,13,18,19). The van der Waals surface area contributed by atoms with E-state index in [4.69, 9.17) is 5.14 Å². The van der Waals surface area contributed by atoms with E-state index in [-0.39, 0.29) is 17.9 Å². The van der Waals surface area contributed by atoms with E-state index in [1.807, 2.05) is 0 Å². The molecule has 110 valence electrons. The van der Waals surface area contributed by atoms with Gasteiger partial charge in [-0.15, -0.1) is 0 Å². The van der Waals surface area contributed by atoms with Crippen LogP contribution in [0.4, 0.5) is 0 Å². The van der Waals surface area contributed by atoms with Gasteiger partial charge in [0, 0.05) is 18.7 Å². The number of likely N-dealkylation sites (tertiary alicyclic amines) is 1. The number of phenols is 2. The number of nitrogens with two attached hydrogens (primary N) is 1. The Bertz CT molecular complexity index is 629. The van der Waals surface area contributed by atoms with Crippen molar-refractivity contribution in [3.63, 3.8) is 0 Å². The lowest BCUT2D eigenvalue weighted by Gasteiger charge is -2.31. The highest BCUT2D eigenvalue weighted by Crippen LogP contribution is 2.26. The van der Waals surface area contributed by atoms with Gasteiger partial charge in [-0.25, -0.2) is 13.6 Å². The zero-order valence-corrected chi connectivity index (χ0v) is 11.5. The minimum absolute atomic E-state index is 0.0410. The largest absolute Gasteiger partial charge is 0.504 e. The summed E-state index contributed by atoms with van der Waals surface area (Å²) >= 11 is 0. The van der Waals surface area contributed by atoms with E-state index in [1.54, 1.807) is 0 Å². The number of carbonyl (C=O) groups is 1. The summed E-state index contributed by atoms with van der Waals surface area (Å²) in [6.07, 6.45) is 0.986. The van der Waals surface area contributed by atoms with Crippen LogP contribution in [0.15, 0.2) is 18.2 Å². The van der Waals surface area contributed by atoms with Gasteiger partial charge in [0.25, 0.3) is 5.91 Å². The molecule has 0 saturated carbocycles. The zero-order valence-electron chi connectivity index (χ0n) is 10.7. The van der Waals surface area contributed by atoms with Crippen molar-refractivity contribution in [3.05, 3.63) is 23.8 Å². The third-order valence-electron chi connectivity index (χ3n) is 3.35. The summed E-state index contributed by atoms with van der Waals surface area (Å²) in [5, 5.41) is 23.0. The summed E-state index contributed by atoms with van der Waals surface area (Å²) in [5.41, 5.74) is 0.190. The molecule has 1 aromatic carbocycles. The number of sulfonamides is 1. The minimum atomic E-state index is -3.67. The molecular formula is C12H16N2O5S. The first kappa shape index (κ1) is 14.6. The number of amides is 1. The molecule has 1 fully saturated rings. The maximum Gasteiger partial charge on any atom is 0.254 e. The number of piperidine rings is 1. The smallest absolute Gasteiger partial charge is 0.254 e. The number of hydrogen-bond acceptors (Lipinski definition) is 5. The van der Waals surface area contributed by atoms with E-state index in [0.29, 0.717) is 19.4 Å². The van der Waals surface area contributed by atoms with E-state index < -0.39 is 26.9 Å². The van der Waals surface area contributed by atoms with Gasteiger partial charge in [0.1, 0.15) is 0 Å². The third-order valence-corrected chi connectivity index (χ3v) is 4.67. The minimum Gasteiger partial charge on any atom is -0.504 e. The van der Waals surface area contributed by atoms with Gasteiger partial charge in [-0.1, -0.05) is 0 Å². The molecule has 8 heteroatoms. The van der Waals surface area contributed by atoms with Crippen LogP contribution in [-0.2, 0) is 10.0 Å². The molecule has 1 aliphatic rings. The second-order valence-corrected chi connectivity index (χ2v) is 6.65. The number of hydrogen-bond donors (Lipinski definition) is 3. The average Bonchev–Trinajstić information content (AvgIpc) is 2.40. The van der Waals surface area contributed by atoms with Crippen molar-refractivity contribution in [2.24, 2.45) is 5.14 Å². The Labute approximate surface area is 116 Å². The van der Waals surface area contributed by atoms with E-state index >= 15 is 0 Å². The van der Waals surface area contributed by atoms with E-state index in [0.717, 1.165) is 6.07 Å².